The third-order valence-electron chi connectivity index (χ3n) is 2.34. The quantitative estimate of drug-likeness (QED) is 0.839. The summed E-state index contributed by atoms with van der Waals surface area (Å²) in [5.74, 6) is 1.74. The average molecular weight is 245 g/mol. The summed E-state index contributed by atoms with van der Waals surface area (Å²) in [6.45, 7) is 2.15. The molecule has 0 amide bonds. The van der Waals surface area contributed by atoms with E-state index in [1.807, 2.05) is 24.9 Å². The fourth-order valence-electron chi connectivity index (χ4n) is 1.53. The average Bonchev–Trinajstić information content (AvgIpc) is 2.40. The van der Waals surface area contributed by atoms with Crippen LogP contribution in [0.5, 0.6) is 0 Å². The van der Waals surface area contributed by atoms with Gasteiger partial charge in [-0.1, -0.05) is 19.1 Å². The molecule has 0 fully saturated rings. The van der Waals surface area contributed by atoms with Crippen LogP contribution in [0, 0.1) is 0 Å². The van der Waals surface area contributed by atoms with Gasteiger partial charge < -0.3 is 5.32 Å². The first-order valence-corrected chi connectivity index (χ1v) is 6.56. The van der Waals surface area contributed by atoms with E-state index in [2.05, 4.69) is 46.5 Å². The molecule has 2 aromatic rings. The van der Waals surface area contributed by atoms with Crippen molar-refractivity contribution in [2.45, 2.75) is 11.8 Å². The van der Waals surface area contributed by atoms with E-state index in [9.17, 15) is 0 Å². The SMILES string of the molecule is CCSc1ccc(-c2ccnc(NC)n2)cc1. The topological polar surface area (TPSA) is 37.8 Å². The van der Waals surface area contributed by atoms with Gasteiger partial charge in [0, 0.05) is 23.7 Å². The number of benzene rings is 1. The van der Waals surface area contributed by atoms with Gasteiger partial charge in [-0.15, -0.1) is 11.8 Å². The van der Waals surface area contributed by atoms with Crippen LogP contribution in [0.2, 0.25) is 0 Å². The molecule has 0 aliphatic rings. The summed E-state index contributed by atoms with van der Waals surface area (Å²) in [6.07, 6.45) is 1.77. The van der Waals surface area contributed by atoms with E-state index < -0.39 is 0 Å². The molecule has 1 N–H and O–H groups in total. The van der Waals surface area contributed by atoms with E-state index in [4.69, 9.17) is 0 Å². The summed E-state index contributed by atoms with van der Waals surface area (Å²) in [4.78, 5) is 9.80. The normalized spacial score (nSPS) is 10.2. The Labute approximate surface area is 106 Å². The minimum Gasteiger partial charge on any atom is -0.357 e. The Morgan fingerprint density at radius 3 is 2.59 bits per heavy atom. The van der Waals surface area contributed by atoms with Gasteiger partial charge in [0.05, 0.1) is 5.69 Å². The van der Waals surface area contributed by atoms with E-state index in [0.29, 0.717) is 5.95 Å². The fourth-order valence-corrected chi connectivity index (χ4v) is 2.19. The van der Waals surface area contributed by atoms with E-state index in [0.717, 1.165) is 17.0 Å². The van der Waals surface area contributed by atoms with Gasteiger partial charge in [0.25, 0.3) is 0 Å². The summed E-state index contributed by atoms with van der Waals surface area (Å²) in [7, 11) is 1.82. The van der Waals surface area contributed by atoms with Gasteiger partial charge in [-0.25, -0.2) is 9.97 Å². The molecule has 0 atom stereocenters. The van der Waals surface area contributed by atoms with E-state index in [1.165, 1.54) is 4.90 Å². The molecule has 1 heterocycles. The van der Waals surface area contributed by atoms with Crippen LogP contribution in [0.3, 0.4) is 0 Å². The lowest BCUT2D eigenvalue weighted by Gasteiger charge is -2.04. The van der Waals surface area contributed by atoms with Crippen LogP contribution in [0.4, 0.5) is 5.95 Å². The largest absolute Gasteiger partial charge is 0.357 e. The molecule has 1 aromatic carbocycles. The Hall–Kier alpha value is -1.55. The number of thioether (sulfide) groups is 1. The molecule has 0 bridgehead atoms. The summed E-state index contributed by atoms with van der Waals surface area (Å²) < 4.78 is 0. The van der Waals surface area contributed by atoms with Gasteiger partial charge in [-0.05, 0) is 24.0 Å². The molecular weight excluding hydrogens is 230 g/mol. The highest BCUT2D eigenvalue weighted by Crippen LogP contribution is 2.23. The molecule has 0 saturated heterocycles. The van der Waals surface area contributed by atoms with Gasteiger partial charge in [-0.2, -0.15) is 0 Å². The highest BCUT2D eigenvalue weighted by Gasteiger charge is 2.01. The number of nitrogens with one attached hydrogen (secondary N) is 1. The molecule has 17 heavy (non-hydrogen) atoms. The first-order valence-electron chi connectivity index (χ1n) is 5.57. The smallest absolute Gasteiger partial charge is 0.222 e. The number of hydrogen-bond donors (Lipinski definition) is 1. The maximum absolute atomic E-state index is 4.41. The van der Waals surface area contributed by atoms with Crippen molar-refractivity contribution in [1.82, 2.24) is 9.97 Å². The molecular formula is C13H15N3S. The molecule has 0 saturated carbocycles. The van der Waals surface area contributed by atoms with E-state index >= 15 is 0 Å². The van der Waals surface area contributed by atoms with Crippen LogP contribution in [0.1, 0.15) is 6.92 Å². The van der Waals surface area contributed by atoms with Gasteiger partial charge in [0.15, 0.2) is 0 Å². The summed E-state index contributed by atoms with van der Waals surface area (Å²) in [6, 6.07) is 10.4. The Morgan fingerprint density at radius 1 is 1.18 bits per heavy atom. The lowest BCUT2D eigenvalue weighted by molar-refractivity contribution is 1.15. The Morgan fingerprint density at radius 2 is 1.94 bits per heavy atom. The summed E-state index contributed by atoms with van der Waals surface area (Å²) >= 11 is 1.84. The number of nitrogens with zero attached hydrogens (tertiary/aromatic N) is 2. The van der Waals surface area contributed by atoms with Gasteiger partial charge in [0.2, 0.25) is 5.95 Å². The first-order chi connectivity index (χ1) is 8.33. The van der Waals surface area contributed by atoms with Crippen molar-refractivity contribution in [3.63, 3.8) is 0 Å². The number of hydrogen-bond acceptors (Lipinski definition) is 4. The summed E-state index contributed by atoms with van der Waals surface area (Å²) in [5.41, 5.74) is 2.06. The zero-order valence-corrected chi connectivity index (χ0v) is 10.8. The molecule has 3 nitrogen and oxygen atoms in total. The van der Waals surface area contributed by atoms with Crippen molar-refractivity contribution >= 4 is 17.7 Å². The van der Waals surface area contributed by atoms with Crippen LogP contribution in [0.25, 0.3) is 11.3 Å². The predicted molar refractivity (Wildman–Crippen MR) is 73.4 cm³/mol. The van der Waals surface area contributed by atoms with Crippen LogP contribution < -0.4 is 5.32 Å². The van der Waals surface area contributed by atoms with Crippen molar-refractivity contribution in [3.05, 3.63) is 36.5 Å². The molecule has 0 unspecified atom stereocenters. The van der Waals surface area contributed by atoms with Crippen LogP contribution >= 0.6 is 11.8 Å². The second kappa shape index (κ2) is 5.68. The third-order valence-corrected chi connectivity index (χ3v) is 3.23. The van der Waals surface area contributed by atoms with Crippen LogP contribution in [0.15, 0.2) is 41.4 Å². The Kier molecular flexibility index (Phi) is 3.98. The van der Waals surface area contributed by atoms with Crippen molar-refractivity contribution in [1.29, 1.82) is 0 Å². The molecule has 4 heteroatoms. The molecule has 0 spiro atoms. The Balaban J connectivity index is 2.26. The van der Waals surface area contributed by atoms with Crippen molar-refractivity contribution in [3.8, 4) is 11.3 Å². The minimum atomic E-state index is 0.648. The highest BCUT2D eigenvalue weighted by atomic mass is 32.2. The second-order valence-corrected chi connectivity index (χ2v) is 4.81. The molecule has 0 aliphatic carbocycles. The van der Waals surface area contributed by atoms with Gasteiger partial charge >= 0.3 is 0 Å². The standard InChI is InChI=1S/C13H15N3S/c1-3-17-11-6-4-10(5-7-11)12-8-9-15-13(14-2)16-12/h4-9H,3H2,1-2H3,(H,14,15,16). The molecule has 0 radical (unpaired) electrons. The van der Waals surface area contributed by atoms with Crippen molar-refractivity contribution in [2.24, 2.45) is 0 Å². The van der Waals surface area contributed by atoms with E-state index in [-0.39, 0.29) is 0 Å². The first kappa shape index (κ1) is 11.9. The van der Waals surface area contributed by atoms with E-state index in [1.54, 1.807) is 6.20 Å². The lowest BCUT2D eigenvalue weighted by Crippen LogP contribution is -1.96. The number of rotatable bonds is 4. The maximum atomic E-state index is 4.41. The monoisotopic (exact) mass is 245 g/mol. The molecule has 88 valence electrons. The predicted octanol–water partition coefficient (Wildman–Crippen LogP) is 3.30. The summed E-state index contributed by atoms with van der Waals surface area (Å²) in [5, 5.41) is 2.94. The minimum absolute atomic E-state index is 0.648. The van der Waals surface area contributed by atoms with Crippen molar-refractivity contribution in [2.75, 3.05) is 18.1 Å². The fraction of sp³-hybridized carbons (Fsp3) is 0.231. The van der Waals surface area contributed by atoms with Crippen LogP contribution in [-0.2, 0) is 0 Å². The highest BCUT2D eigenvalue weighted by molar-refractivity contribution is 7.99. The van der Waals surface area contributed by atoms with Crippen LogP contribution in [-0.4, -0.2) is 22.8 Å². The second-order valence-electron chi connectivity index (χ2n) is 3.47. The zero-order valence-electron chi connectivity index (χ0n) is 9.97. The Bertz CT molecular complexity index is 482. The molecule has 1 aromatic heterocycles. The van der Waals surface area contributed by atoms with Gasteiger partial charge in [-0.3, -0.25) is 0 Å². The van der Waals surface area contributed by atoms with Crippen molar-refractivity contribution < 1.29 is 0 Å². The lowest BCUT2D eigenvalue weighted by atomic mass is 10.1. The molecule has 2 rings (SSSR count). The third kappa shape index (κ3) is 2.97. The number of anilines is 1. The number of aromatic nitrogens is 2. The molecule has 0 aliphatic heterocycles. The zero-order chi connectivity index (χ0) is 12.1. The maximum Gasteiger partial charge on any atom is 0.222 e. The van der Waals surface area contributed by atoms with Gasteiger partial charge in [0.1, 0.15) is 0 Å².